The van der Waals surface area contributed by atoms with Crippen molar-refractivity contribution in [2.45, 2.75) is 32.1 Å². The molecule has 1 amide bonds. The quantitative estimate of drug-likeness (QED) is 0.636. The van der Waals surface area contributed by atoms with Crippen LogP contribution in [0.2, 0.25) is 0 Å². The molecule has 2 rings (SSSR count). The van der Waals surface area contributed by atoms with Crippen molar-refractivity contribution in [3.05, 3.63) is 33.9 Å². The molecule has 1 aliphatic rings. The van der Waals surface area contributed by atoms with Crippen LogP contribution in [0.1, 0.15) is 42.5 Å². The molecular weight excluding hydrogens is 282 g/mol. The first-order valence-electron chi connectivity index (χ1n) is 7.76. The number of non-ortho nitro benzene ring substituents is 1. The van der Waals surface area contributed by atoms with E-state index in [1.54, 1.807) is 6.07 Å². The minimum atomic E-state index is -0.455. The molecule has 0 aromatic heterocycles. The van der Waals surface area contributed by atoms with Gasteiger partial charge in [0.25, 0.3) is 11.6 Å². The van der Waals surface area contributed by atoms with E-state index in [2.05, 4.69) is 0 Å². The van der Waals surface area contributed by atoms with Crippen molar-refractivity contribution in [1.82, 2.24) is 4.90 Å². The Balaban J connectivity index is 2.32. The minimum absolute atomic E-state index is 0.0407. The van der Waals surface area contributed by atoms with Crippen molar-refractivity contribution in [3.8, 4) is 0 Å². The van der Waals surface area contributed by atoms with Gasteiger partial charge in [0.1, 0.15) is 0 Å². The molecule has 0 atom stereocenters. The summed E-state index contributed by atoms with van der Waals surface area (Å²) in [5, 5.41) is 11.0. The Labute approximate surface area is 130 Å². The average Bonchev–Trinajstić information content (AvgIpc) is 2.45. The van der Waals surface area contributed by atoms with Crippen LogP contribution in [-0.2, 0) is 0 Å². The fraction of sp³-hybridized carbons (Fsp3) is 0.562. The molecule has 22 heavy (non-hydrogen) atoms. The minimum Gasteiger partial charge on any atom is -0.377 e. The average molecular weight is 305 g/mol. The number of hydrogen-bond acceptors (Lipinski definition) is 4. The fourth-order valence-electron chi connectivity index (χ4n) is 2.82. The van der Waals surface area contributed by atoms with Gasteiger partial charge in [-0.15, -0.1) is 0 Å². The number of likely N-dealkylation sites (tertiary alicyclic amines) is 1. The van der Waals surface area contributed by atoms with Gasteiger partial charge in [-0.05, 0) is 18.9 Å². The smallest absolute Gasteiger partial charge is 0.270 e. The number of carbonyl (C=O) groups excluding carboxylic acids is 1. The van der Waals surface area contributed by atoms with E-state index >= 15 is 0 Å². The number of nitrogens with zero attached hydrogens (tertiary/aromatic N) is 3. The summed E-state index contributed by atoms with van der Waals surface area (Å²) in [7, 11) is 3.68. The van der Waals surface area contributed by atoms with Gasteiger partial charge in [0.05, 0.1) is 10.5 Å². The van der Waals surface area contributed by atoms with Gasteiger partial charge < -0.3 is 9.80 Å². The predicted octanol–water partition coefficient (Wildman–Crippen LogP) is 3.07. The first kappa shape index (κ1) is 16.3. The van der Waals surface area contributed by atoms with Gasteiger partial charge in [-0.3, -0.25) is 14.9 Å². The number of benzene rings is 1. The maximum atomic E-state index is 12.8. The lowest BCUT2D eigenvalue weighted by molar-refractivity contribution is -0.384. The van der Waals surface area contributed by atoms with Gasteiger partial charge in [0.2, 0.25) is 0 Å². The van der Waals surface area contributed by atoms with Crippen molar-refractivity contribution in [2.75, 3.05) is 32.1 Å². The monoisotopic (exact) mass is 305 g/mol. The number of amides is 1. The Hall–Kier alpha value is -2.11. The maximum absolute atomic E-state index is 12.8. The van der Waals surface area contributed by atoms with E-state index in [0.717, 1.165) is 44.5 Å². The second kappa shape index (κ2) is 7.24. The second-order valence-corrected chi connectivity index (χ2v) is 5.91. The van der Waals surface area contributed by atoms with Crippen LogP contribution in [0.3, 0.4) is 0 Å². The lowest BCUT2D eigenvalue weighted by atomic mass is 10.1. The van der Waals surface area contributed by atoms with Crippen LogP contribution >= 0.6 is 0 Å². The zero-order chi connectivity index (χ0) is 16.1. The first-order chi connectivity index (χ1) is 10.5. The van der Waals surface area contributed by atoms with Crippen LogP contribution in [0, 0.1) is 10.1 Å². The highest BCUT2D eigenvalue weighted by atomic mass is 16.6. The van der Waals surface area contributed by atoms with E-state index in [-0.39, 0.29) is 11.6 Å². The van der Waals surface area contributed by atoms with Crippen LogP contribution in [0.25, 0.3) is 0 Å². The molecule has 1 aromatic carbocycles. The lowest BCUT2D eigenvalue weighted by Gasteiger charge is -2.26. The molecule has 0 bridgehead atoms. The highest BCUT2D eigenvalue weighted by molar-refractivity contribution is 6.00. The Morgan fingerprint density at radius 1 is 1.14 bits per heavy atom. The molecule has 0 saturated carbocycles. The highest BCUT2D eigenvalue weighted by Gasteiger charge is 2.23. The van der Waals surface area contributed by atoms with Crippen LogP contribution in [0.5, 0.6) is 0 Å². The molecule has 6 heteroatoms. The standard InChI is InChI=1S/C16H23N3O3/c1-17(2)15-9-8-13(19(21)22)12-14(15)16(20)18-10-6-4-3-5-7-11-18/h8-9,12H,3-7,10-11H2,1-2H3. The third-order valence-electron chi connectivity index (χ3n) is 4.05. The molecule has 0 spiro atoms. The van der Waals surface area contributed by atoms with E-state index in [4.69, 9.17) is 0 Å². The number of nitro groups is 1. The van der Waals surface area contributed by atoms with Gasteiger partial charge in [0.15, 0.2) is 0 Å². The van der Waals surface area contributed by atoms with Crippen LogP contribution in [0.4, 0.5) is 11.4 Å². The highest BCUT2D eigenvalue weighted by Crippen LogP contribution is 2.26. The number of rotatable bonds is 3. The van der Waals surface area contributed by atoms with E-state index in [9.17, 15) is 14.9 Å². The van der Waals surface area contributed by atoms with Gasteiger partial charge in [-0.1, -0.05) is 19.3 Å². The van der Waals surface area contributed by atoms with Gasteiger partial charge in [0, 0.05) is 45.0 Å². The summed E-state index contributed by atoms with van der Waals surface area (Å²) in [6, 6.07) is 4.49. The Bertz CT molecular complexity index is 550. The summed E-state index contributed by atoms with van der Waals surface area (Å²) in [6.07, 6.45) is 5.50. The molecule has 0 radical (unpaired) electrons. The summed E-state index contributed by atoms with van der Waals surface area (Å²) in [6.45, 7) is 1.46. The lowest BCUT2D eigenvalue weighted by Crippen LogP contribution is -2.34. The van der Waals surface area contributed by atoms with Crippen LogP contribution in [0.15, 0.2) is 18.2 Å². The summed E-state index contributed by atoms with van der Waals surface area (Å²) in [5.74, 6) is -0.102. The predicted molar refractivity (Wildman–Crippen MR) is 86.4 cm³/mol. The summed E-state index contributed by atoms with van der Waals surface area (Å²) in [4.78, 5) is 27.0. The van der Waals surface area contributed by atoms with Crippen molar-refractivity contribution >= 4 is 17.3 Å². The normalized spacial score (nSPS) is 15.8. The Morgan fingerprint density at radius 2 is 1.73 bits per heavy atom. The molecule has 0 N–H and O–H groups in total. The van der Waals surface area contributed by atoms with Crippen LogP contribution in [-0.4, -0.2) is 42.9 Å². The largest absolute Gasteiger partial charge is 0.377 e. The molecule has 0 aliphatic carbocycles. The Morgan fingerprint density at radius 3 is 2.27 bits per heavy atom. The SMILES string of the molecule is CN(C)c1ccc([N+](=O)[O-])cc1C(=O)N1CCCCCCC1. The summed E-state index contributed by atoms with van der Waals surface area (Å²) < 4.78 is 0. The van der Waals surface area contributed by atoms with E-state index < -0.39 is 4.92 Å². The molecule has 1 aromatic rings. The molecule has 1 fully saturated rings. The zero-order valence-electron chi connectivity index (χ0n) is 13.2. The fourth-order valence-corrected chi connectivity index (χ4v) is 2.82. The maximum Gasteiger partial charge on any atom is 0.270 e. The molecule has 1 saturated heterocycles. The number of nitro benzene ring substituents is 1. The molecule has 1 aliphatic heterocycles. The molecule has 0 unspecified atom stereocenters. The van der Waals surface area contributed by atoms with Crippen LogP contribution < -0.4 is 4.90 Å². The van der Waals surface area contributed by atoms with E-state index in [1.165, 1.54) is 18.6 Å². The van der Waals surface area contributed by atoms with Gasteiger partial charge in [-0.25, -0.2) is 0 Å². The molecule has 6 nitrogen and oxygen atoms in total. The number of hydrogen-bond donors (Lipinski definition) is 0. The Kier molecular flexibility index (Phi) is 5.35. The van der Waals surface area contributed by atoms with Crippen molar-refractivity contribution in [1.29, 1.82) is 0 Å². The van der Waals surface area contributed by atoms with Gasteiger partial charge >= 0.3 is 0 Å². The third-order valence-corrected chi connectivity index (χ3v) is 4.05. The van der Waals surface area contributed by atoms with Crippen molar-refractivity contribution < 1.29 is 9.72 Å². The molecule has 1 heterocycles. The first-order valence-corrected chi connectivity index (χ1v) is 7.76. The molecule has 120 valence electrons. The zero-order valence-corrected chi connectivity index (χ0v) is 13.2. The molecular formula is C16H23N3O3. The van der Waals surface area contributed by atoms with Crippen molar-refractivity contribution in [3.63, 3.8) is 0 Å². The van der Waals surface area contributed by atoms with E-state index in [1.807, 2.05) is 23.9 Å². The topological polar surface area (TPSA) is 66.7 Å². The summed E-state index contributed by atoms with van der Waals surface area (Å²) >= 11 is 0. The number of carbonyl (C=O) groups is 1. The van der Waals surface area contributed by atoms with Crippen molar-refractivity contribution in [2.24, 2.45) is 0 Å². The van der Waals surface area contributed by atoms with E-state index in [0.29, 0.717) is 5.56 Å². The van der Waals surface area contributed by atoms with Gasteiger partial charge in [-0.2, -0.15) is 0 Å². The third kappa shape index (κ3) is 3.75. The summed E-state index contributed by atoms with van der Waals surface area (Å²) in [5.41, 5.74) is 1.10. The second-order valence-electron chi connectivity index (χ2n) is 5.91. The number of anilines is 1.